The first kappa shape index (κ1) is 31.2. The molecule has 5 heteroatoms. The minimum absolute atomic E-state index is 0. The van der Waals surface area contributed by atoms with E-state index in [0.717, 1.165) is 22.2 Å². The summed E-state index contributed by atoms with van der Waals surface area (Å²) in [5.74, 6) is 0.104. The van der Waals surface area contributed by atoms with Crippen LogP contribution < -0.4 is 0 Å². The van der Waals surface area contributed by atoms with E-state index in [1.165, 1.54) is 28.5 Å². The molecule has 4 nitrogen and oxygen atoms in total. The van der Waals surface area contributed by atoms with Gasteiger partial charge in [0.25, 0.3) is 0 Å². The summed E-state index contributed by atoms with van der Waals surface area (Å²) in [6.45, 7) is 17.5. The van der Waals surface area contributed by atoms with Crippen LogP contribution in [0.5, 0.6) is 0 Å². The van der Waals surface area contributed by atoms with Gasteiger partial charge in [0, 0.05) is 55.1 Å². The number of rotatable bonds is 3. The van der Waals surface area contributed by atoms with Crippen molar-refractivity contribution < 1.29 is 30.0 Å². The second-order valence-corrected chi connectivity index (χ2v) is 11.7. The normalized spacial score (nSPS) is 12.0. The van der Waals surface area contributed by atoms with E-state index in [9.17, 15) is 9.90 Å². The minimum Gasteiger partial charge on any atom is -0.512 e. The van der Waals surface area contributed by atoms with E-state index in [0.29, 0.717) is 0 Å². The zero-order chi connectivity index (χ0) is 27.5. The van der Waals surface area contributed by atoms with Crippen molar-refractivity contribution in [3.8, 4) is 16.9 Å². The number of hydrogen-bond donors (Lipinski definition) is 1. The van der Waals surface area contributed by atoms with E-state index in [2.05, 4.69) is 74.1 Å². The third kappa shape index (κ3) is 7.75. The maximum absolute atomic E-state index is 11.5. The molecule has 0 saturated carbocycles. The molecule has 0 atom stereocenters. The number of fused-ring (bicyclic) bond motifs is 1. The topological polar surface area (TPSA) is 55.1 Å². The summed E-state index contributed by atoms with van der Waals surface area (Å²) in [4.78, 5) is 16.4. The number of nitrogens with zero attached hydrogens (tertiary/aromatic N) is 2. The van der Waals surface area contributed by atoms with Gasteiger partial charge in [0.05, 0.1) is 5.52 Å². The minimum atomic E-state index is -0.417. The molecule has 0 spiro atoms. The smallest absolute Gasteiger partial charge is 0.164 e. The second-order valence-electron chi connectivity index (χ2n) is 11.7. The molecule has 2 aromatic carbocycles. The van der Waals surface area contributed by atoms with Gasteiger partial charge in [-0.1, -0.05) is 67.5 Å². The van der Waals surface area contributed by atoms with Crippen LogP contribution in [0.3, 0.4) is 0 Å². The first-order chi connectivity index (χ1) is 17.2. The molecule has 0 saturated heterocycles. The molecule has 4 aromatic rings. The molecule has 38 heavy (non-hydrogen) atoms. The van der Waals surface area contributed by atoms with Crippen molar-refractivity contribution in [2.24, 2.45) is 10.8 Å². The number of ketones is 1. The van der Waals surface area contributed by atoms with Gasteiger partial charge < -0.3 is 9.67 Å². The van der Waals surface area contributed by atoms with Crippen LogP contribution in [0.2, 0.25) is 0 Å². The quantitative estimate of drug-likeness (QED) is 0.134. The van der Waals surface area contributed by atoms with Crippen LogP contribution in [-0.2, 0) is 24.9 Å². The van der Waals surface area contributed by atoms with Crippen LogP contribution in [0, 0.1) is 37.7 Å². The monoisotopic (exact) mass is 688 g/mol. The number of aliphatic hydroxyl groups is 1. The van der Waals surface area contributed by atoms with Crippen LogP contribution >= 0.6 is 0 Å². The Balaban J connectivity index is 0.000000313. The molecular weight excluding hydrogens is 649 g/mol. The molecule has 1 N–H and O–H groups in total. The predicted molar refractivity (Wildman–Crippen MR) is 154 cm³/mol. The van der Waals surface area contributed by atoms with Gasteiger partial charge >= 0.3 is 0 Å². The summed E-state index contributed by atoms with van der Waals surface area (Å²) < 4.78 is 2.13. The Hall–Kier alpha value is -3.01. The van der Waals surface area contributed by atoms with Crippen molar-refractivity contribution in [1.29, 1.82) is 0 Å². The Morgan fingerprint density at radius 1 is 0.895 bits per heavy atom. The molecule has 1 radical (unpaired) electrons. The zero-order valence-corrected chi connectivity index (χ0v) is 26.3. The Bertz CT molecular complexity index is 1440. The number of hydrogen-bond acceptors (Lipinski definition) is 3. The Morgan fingerprint density at radius 3 is 2.08 bits per heavy atom. The van der Waals surface area contributed by atoms with Crippen LogP contribution in [0.1, 0.15) is 58.2 Å². The fourth-order valence-electron chi connectivity index (χ4n) is 3.57. The molecule has 0 bridgehead atoms. The second kappa shape index (κ2) is 12.2. The molecule has 0 aliphatic rings. The molecule has 203 valence electrons. The van der Waals surface area contributed by atoms with E-state index < -0.39 is 5.41 Å². The van der Waals surface area contributed by atoms with Gasteiger partial charge in [0.1, 0.15) is 5.76 Å². The SMILES string of the molecule is CC(C)(C)C(=O)/C=C(\O)C(C)(C)C.Cc1c[c-]c(-c2ccc3cc(C)c(-n4cccc4)cc3n2)cc1C.[Ir]. The van der Waals surface area contributed by atoms with Crippen LogP contribution in [0.15, 0.2) is 72.8 Å². The third-order valence-corrected chi connectivity index (χ3v) is 6.37. The van der Waals surface area contributed by atoms with E-state index in [-0.39, 0.29) is 37.1 Å². The number of pyridine rings is 1. The average molecular weight is 688 g/mol. The average Bonchev–Trinajstić information content (AvgIpc) is 3.34. The van der Waals surface area contributed by atoms with Crippen molar-refractivity contribution >= 4 is 16.7 Å². The number of allylic oxidation sites excluding steroid dienone is 2. The molecule has 0 amide bonds. The fraction of sp³-hybridized carbons (Fsp3) is 0.333. The number of carbonyl (C=O) groups is 1. The van der Waals surface area contributed by atoms with Gasteiger partial charge in [-0.25, -0.2) is 0 Å². The number of aromatic nitrogens is 2. The number of carbonyl (C=O) groups excluding carboxylic acids is 1. The van der Waals surface area contributed by atoms with Crippen molar-refractivity contribution in [2.75, 3.05) is 0 Å². The third-order valence-electron chi connectivity index (χ3n) is 6.37. The van der Waals surface area contributed by atoms with Gasteiger partial charge in [0.2, 0.25) is 0 Å². The fourth-order valence-corrected chi connectivity index (χ4v) is 3.57. The van der Waals surface area contributed by atoms with Gasteiger partial charge in [-0.2, -0.15) is 0 Å². The Labute approximate surface area is 241 Å². The Kier molecular flexibility index (Phi) is 10.0. The van der Waals surface area contributed by atoms with Crippen LogP contribution in [0.25, 0.3) is 27.8 Å². The van der Waals surface area contributed by atoms with Crippen LogP contribution in [0.4, 0.5) is 0 Å². The maximum Gasteiger partial charge on any atom is 0.164 e. The molecule has 0 aliphatic heterocycles. The van der Waals surface area contributed by atoms with Crippen molar-refractivity contribution in [3.05, 3.63) is 95.5 Å². The summed E-state index contributed by atoms with van der Waals surface area (Å²) in [5.41, 5.74) is 7.18. The van der Waals surface area contributed by atoms with E-state index in [4.69, 9.17) is 4.98 Å². The number of benzene rings is 2. The van der Waals surface area contributed by atoms with Gasteiger partial charge in [-0.3, -0.25) is 9.78 Å². The van der Waals surface area contributed by atoms with E-state index >= 15 is 0 Å². The molecular formula is C33H39IrN2O2-. The zero-order valence-electron chi connectivity index (χ0n) is 23.9. The largest absolute Gasteiger partial charge is 0.512 e. The molecule has 2 aromatic heterocycles. The summed E-state index contributed by atoms with van der Waals surface area (Å²) in [6.07, 6.45) is 5.46. The molecule has 4 rings (SSSR count). The predicted octanol–water partition coefficient (Wildman–Crippen LogP) is 8.51. The molecule has 0 fully saturated rings. The summed E-state index contributed by atoms with van der Waals surface area (Å²) in [6, 6.07) is 20.2. The number of aryl methyl sites for hydroxylation is 3. The van der Waals surface area contributed by atoms with Gasteiger partial charge in [-0.05, 0) is 47.8 Å². The first-order valence-corrected chi connectivity index (χ1v) is 12.7. The molecule has 0 unspecified atom stereocenters. The maximum atomic E-state index is 11.5. The van der Waals surface area contributed by atoms with Crippen molar-refractivity contribution in [2.45, 2.75) is 62.3 Å². The molecule has 0 aliphatic carbocycles. The van der Waals surface area contributed by atoms with Crippen molar-refractivity contribution in [3.63, 3.8) is 0 Å². The molecule has 2 heterocycles. The van der Waals surface area contributed by atoms with Gasteiger partial charge in [-0.15, -0.1) is 34.9 Å². The summed E-state index contributed by atoms with van der Waals surface area (Å²) in [7, 11) is 0. The standard InChI is InChI=1S/C22H19N2.C11H20O2.Ir/c1-15-6-7-18(12-16(15)2)20-9-8-19-13-17(3)22(14-21(19)23-20)24-10-4-5-11-24;1-10(2,3)8(12)7-9(13)11(4,5)6;/h4-6,8-14H,1-3H3;7,12H,1-6H3;/q-1;;/b;8-7-;. The van der Waals surface area contributed by atoms with E-state index in [1.54, 1.807) is 0 Å². The first-order valence-electron chi connectivity index (χ1n) is 12.7. The number of aliphatic hydroxyl groups excluding tert-OH is 1. The van der Waals surface area contributed by atoms with Crippen LogP contribution in [-0.4, -0.2) is 20.4 Å². The summed E-state index contributed by atoms with van der Waals surface area (Å²) >= 11 is 0. The van der Waals surface area contributed by atoms with E-state index in [1.807, 2.05) is 59.7 Å². The van der Waals surface area contributed by atoms with Crippen molar-refractivity contribution in [1.82, 2.24) is 9.55 Å². The summed E-state index contributed by atoms with van der Waals surface area (Å²) in [5, 5.41) is 10.7. The van der Waals surface area contributed by atoms with Gasteiger partial charge in [0.15, 0.2) is 5.78 Å². The Morgan fingerprint density at radius 2 is 1.53 bits per heavy atom.